The van der Waals surface area contributed by atoms with Crippen LogP contribution in [0, 0.1) is 5.82 Å². The summed E-state index contributed by atoms with van der Waals surface area (Å²) < 4.78 is 16.9. The number of aromatic nitrogens is 5. The van der Waals surface area contributed by atoms with Gasteiger partial charge >= 0.3 is 0 Å². The van der Waals surface area contributed by atoms with Crippen LogP contribution in [0.25, 0.3) is 33.2 Å². The number of fused-ring (bicyclic) bond motifs is 4. The van der Waals surface area contributed by atoms with E-state index in [1.165, 1.54) is 12.1 Å². The van der Waals surface area contributed by atoms with Gasteiger partial charge in [-0.25, -0.2) is 19.3 Å². The second-order valence-electron chi connectivity index (χ2n) is 7.51. The average Bonchev–Trinajstić information content (AvgIpc) is 3.06. The molecular formula is C23H20FN5O. The fourth-order valence-corrected chi connectivity index (χ4v) is 3.75. The van der Waals surface area contributed by atoms with Crippen molar-refractivity contribution in [3.05, 3.63) is 76.6 Å². The summed E-state index contributed by atoms with van der Waals surface area (Å²) in [6, 6.07) is 13.9. The van der Waals surface area contributed by atoms with E-state index >= 15 is 0 Å². The summed E-state index contributed by atoms with van der Waals surface area (Å²) in [6.07, 6.45) is 2.41. The minimum Gasteiger partial charge on any atom is -0.304 e. The Kier molecular flexibility index (Phi) is 4.31. The van der Waals surface area contributed by atoms with Crippen LogP contribution in [0.15, 0.2) is 59.7 Å². The van der Waals surface area contributed by atoms with Gasteiger partial charge in [0.15, 0.2) is 11.3 Å². The molecule has 2 aromatic carbocycles. The van der Waals surface area contributed by atoms with E-state index in [0.717, 1.165) is 23.0 Å². The smallest absolute Gasteiger partial charge is 0.265 e. The van der Waals surface area contributed by atoms with Crippen LogP contribution in [-0.4, -0.2) is 24.1 Å². The summed E-state index contributed by atoms with van der Waals surface area (Å²) in [5, 5.41) is 0.466. The Balaban J connectivity index is 1.86. The second kappa shape index (κ2) is 7.02. The highest BCUT2D eigenvalue weighted by Crippen LogP contribution is 2.26. The monoisotopic (exact) mass is 401 g/mol. The Morgan fingerprint density at radius 3 is 2.40 bits per heavy atom. The standard InChI is InChI=1S/C23H20FN5O/c1-3-14(2)29-13-25-21-19(23(29)30)20-22(27-18-7-5-4-6-17(18)26-20)28(21)12-15-8-10-16(24)11-9-15/h4-11,13-14H,3,12H2,1-2H3/t14-/m0/s1. The molecule has 3 aromatic heterocycles. The quantitative estimate of drug-likeness (QED) is 0.446. The van der Waals surface area contributed by atoms with Crippen molar-refractivity contribution in [3.8, 4) is 0 Å². The van der Waals surface area contributed by atoms with E-state index < -0.39 is 0 Å². The van der Waals surface area contributed by atoms with Crippen molar-refractivity contribution in [1.29, 1.82) is 0 Å². The van der Waals surface area contributed by atoms with Crippen LogP contribution in [0.5, 0.6) is 0 Å². The van der Waals surface area contributed by atoms with Crippen LogP contribution in [0.1, 0.15) is 31.9 Å². The normalized spacial score (nSPS) is 12.8. The molecule has 0 amide bonds. The van der Waals surface area contributed by atoms with Crippen LogP contribution >= 0.6 is 0 Å². The maximum Gasteiger partial charge on any atom is 0.265 e. The van der Waals surface area contributed by atoms with Crippen LogP contribution in [0.2, 0.25) is 0 Å². The molecule has 3 heterocycles. The van der Waals surface area contributed by atoms with E-state index in [1.54, 1.807) is 23.0 Å². The lowest BCUT2D eigenvalue weighted by Crippen LogP contribution is -2.23. The zero-order valence-electron chi connectivity index (χ0n) is 16.7. The number of benzene rings is 2. The number of para-hydroxylation sites is 2. The third-order valence-corrected chi connectivity index (χ3v) is 5.60. The lowest BCUT2D eigenvalue weighted by molar-refractivity contribution is 0.510. The largest absolute Gasteiger partial charge is 0.304 e. The first-order chi connectivity index (χ1) is 14.6. The fraction of sp³-hybridized carbons (Fsp3) is 0.217. The third-order valence-electron chi connectivity index (χ3n) is 5.60. The Morgan fingerprint density at radius 2 is 1.70 bits per heavy atom. The average molecular weight is 401 g/mol. The summed E-state index contributed by atoms with van der Waals surface area (Å²) in [5.41, 5.74) is 3.91. The van der Waals surface area contributed by atoms with E-state index in [2.05, 4.69) is 4.98 Å². The maximum absolute atomic E-state index is 13.4. The summed E-state index contributed by atoms with van der Waals surface area (Å²) >= 11 is 0. The predicted octanol–water partition coefficient (Wildman–Crippen LogP) is 4.45. The second-order valence-corrected chi connectivity index (χ2v) is 7.51. The highest BCUT2D eigenvalue weighted by atomic mass is 19.1. The molecule has 0 fully saturated rings. The van der Waals surface area contributed by atoms with Gasteiger partial charge in [0.2, 0.25) is 0 Å². The van der Waals surface area contributed by atoms with Crippen molar-refractivity contribution in [2.75, 3.05) is 0 Å². The number of hydrogen-bond acceptors (Lipinski definition) is 4. The van der Waals surface area contributed by atoms with Gasteiger partial charge in [0.1, 0.15) is 23.0 Å². The van der Waals surface area contributed by atoms with Gasteiger partial charge in [-0.1, -0.05) is 31.2 Å². The Labute approximate surface area is 171 Å². The first kappa shape index (κ1) is 18.4. The van der Waals surface area contributed by atoms with Crippen LogP contribution in [-0.2, 0) is 6.54 Å². The topological polar surface area (TPSA) is 65.6 Å². The van der Waals surface area contributed by atoms with Crippen molar-refractivity contribution in [2.45, 2.75) is 32.9 Å². The molecule has 30 heavy (non-hydrogen) atoms. The molecule has 0 saturated carbocycles. The van der Waals surface area contributed by atoms with Gasteiger partial charge in [-0.15, -0.1) is 0 Å². The fourth-order valence-electron chi connectivity index (χ4n) is 3.75. The lowest BCUT2D eigenvalue weighted by atomic mass is 10.2. The SMILES string of the molecule is CC[C@H](C)n1cnc2c(c1=O)c1nc3ccccc3nc1n2Cc1ccc(F)cc1. The van der Waals surface area contributed by atoms with Gasteiger partial charge < -0.3 is 4.57 Å². The van der Waals surface area contributed by atoms with Crippen LogP contribution < -0.4 is 5.56 Å². The molecule has 0 unspecified atom stereocenters. The van der Waals surface area contributed by atoms with E-state index in [1.807, 2.05) is 42.7 Å². The number of rotatable bonds is 4. The molecule has 0 saturated heterocycles. The molecule has 5 aromatic rings. The zero-order chi connectivity index (χ0) is 20.8. The van der Waals surface area contributed by atoms with Crippen LogP contribution in [0.4, 0.5) is 4.39 Å². The molecule has 0 aliphatic heterocycles. The number of nitrogens with zero attached hydrogens (tertiary/aromatic N) is 5. The molecule has 150 valence electrons. The molecule has 0 aliphatic carbocycles. The Morgan fingerprint density at radius 1 is 1.00 bits per heavy atom. The third kappa shape index (κ3) is 2.85. The molecule has 1 atom stereocenters. The summed E-state index contributed by atoms with van der Waals surface area (Å²) in [6.45, 7) is 4.44. The van der Waals surface area contributed by atoms with Crippen molar-refractivity contribution in [1.82, 2.24) is 24.1 Å². The van der Waals surface area contributed by atoms with Crippen LogP contribution in [0.3, 0.4) is 0 Å². The Hall–Kier alpha value is -3.61. The summed E-state index contributed by atoms with van der Waals surface area (Å²) in [7, 11) is 0. The van der Waals surface area contributed by atoms with Gasteiger partial charge in [-0.3, -0.25) is 9.36 Å². The highest BCUT2D eigenvalue weighted by molar-refractivity contribution is 6.04. The minimum absolute atomic E-state index is 0.0262. The number of hydrogen-bond donors (Lipinski definition) is 0. The van der Waals surface area contributed by atoms with E-state index in [9.17, 15) is 9.18 Å². The van der Waals surface area contributed by atoms with Gasteiger partial charge in [-0.05, 0) is 43.2 Å². The summed E-state index contributed by atoms with van der Waals surface area (Å²) in [5.74, 6) is -0.290. The zero-order valence-corrected chi connectivity index (χ0v) is 16.7. The Bertz CT molecular complexity index is 1450. The molecule has 5 rings (SSSR count). The molecule has 6 nitrogen and oxygen atoms in total. The minimum atomic E-state index is -0.290. The molecule has 0 N–H and O–H groups in total. The van der Waals surface area contributed by atoms with E-state index in [-0.39, 0.29) is 17.4 Å². The molecule has 0 spiro atoms. The maximum atomic E-state index is 13.4. The van der Waals surface area contributed by atoms with E-state index in [0.29, 0.717) is 28.7 Å². The van der Waals surface area contributed by atoms with Gasteiger partial charge in [-0.2, -0.15) is 0 Å². The molecular weight excluding hydrogens is 381 g/mol. The predicted molar refractivity (Wildman–Crippen MR) is 115 cm³/mol. The van der Waals surface area contributed by atoms with Crippen molar-refractivity contribution in [2.24, 2.45) is 0 Å². The summed E-state index contributed by atoms with van der Waals surface area (Å²) in [4.78, 5) is 27.6. The highest BCUT2D eigenvalue weighted by Gasteiger charge is 2.21. The number of halogens is 1. The lowest BCUT2D eigenvalue weighted by Gasteiger charge is -2.12. The molecule has 0 aliphatic rings. The van der Waals surface area contributed by atoms with Crippen molar-refractivity contribution < 1.29 is 4.39 Å². The van der Waals surface area contributed by atoms with Gasteiger partial charge in [0, 0.05) is 6.04 Å². The van der Waals surface area contributed by atoms with Crippen molar-refractivity contribution >= 4 is 33.2 Å². The first-order valence-electron chi connectivity index (χ1n) is 9.97. The molecule has 7 heteroatoms. The first-order valence-corrected chi connectivity index (χ1v) is 9.97. The molecule has 0 radical (unpaired) electrons. The molecule has 0 bridgehead atoms. The van der Waals surface area contributed by atoms with E-state index in [4.69, 9.17) is 9.97 Å². The van der Waals surface area contributed by atoms with Gasteiger partial charge in [0.25, 0.3) is 5.56 Å². The van der Waals surface area contributed by atoms with Crippen molar-refractivity contribution in [3.63, 3.8) is 0 Å². The van der Waals surface area contributed by atoms with Gasteiger partial charge in [0.05, 0.1) is 17.6 Å².